The number of benzene rings is 1. The fraction of sp³-hybridized carbons (Fsp3) is 0.308. The van der Waals surface area contributed by atoms with Gasteiger partial charge in [-0.1, -0.05) is 17.7 Å². The number of nitrogens with zero attached hydrogens (tertiary/aromatic N) is 3. The number of halogens is 1. The molecule has 2 rings (SSSR count). The quantitative estimate of drug-likeness (QED) is 0.898. The van der Waals surface area contributed by atoms with Crippen molar-refractivity contribution in [2.45, 2.75) is 18.0 Å². The summed E-state index contributed by atoms with van der Waals surface area (Å²) in [6.07, 6.45) is 3.39. The molecule has 0 bridgehead atoms. The average molecular weight is 329 g/mol. The van der Waals surface area contributed by atoms with Crippen LogP contribution in [-0.4, -0.2) is 29.3 Å². The second-order valence-electron chi connectivity index (χ2n) is 4.68. The molecule has 0 spiro atoms. The highest BCUT2D eigenvalue weighted by Crippen LogP contribution is 2.25. The second kappa shape index (κ2) is 6.15. The molecular formula is C13H17ClN4O2S. The zero-order valence-electron chi connectivity index (χ0n) is 11.8. The highest BCUT2D eigenvalue weighted by molar-refractivity contribution is 7.89. The Kier molecular flexibility index (Phi) is 4.67. The van der Waals surface area contributed by atoms with Gasteiger partial charge in [-0.05, 0) is 17.7 Å². The first-order valence-corrected chi connectivity index (χ1v) is 8.09. The lowest BCUT2D eigenvalue weighted by Gasteiger charge is -2.18. The molecule has 8 heteroatoms. The Bertz CT molecular complexity index is 742. The molecule has 2 N–H and O–H groups in total. The SMILES string of the molecule is CN(Cc1nccn1C)S(=O)(=O)c1ccc(CN)cc1Cl. The Labute approximate surface area is 129 Å². The molecule has 1 aromatic heterocycles. The van der Waals surface area contributed by atoms with E-state index in [0.717, 1.165) is 5.56 Å². The minimum atomic E-state index is -3.68. The van der Waals surface area contributed by atoms with Crippen LogP contribution in [0.2, 0.25) is 5.02 Å². The molecule has 1 aromatic carbocycles. The van der Waals surface area contributed by atoms with Crippen molar-refractivity contribution in [3.63, 3.8) is 0 Å². The summed E-state index contributed by atoms with van der Waals surface area (Å²) >= 11 is 6.07. The maximum atomic E-state index is 12.6. The van der Waals surface area contributed by atoms with Crippen LogP contribution in [0.3, 0.4) is 0 Å². The van der Waals surface area contributed by atoms with Gasteiger partial charge < -0.3 is 10.3 Å². The molecule has 0 fully saturated rings. The highest BCUT2D eigenvalue weighted by Gasteiger charge is 2.24. The number of aryl methyl sites for hydroxylation is 1. The summed E-state index contributed by atoms with van der Waals surface area (Å²) in [7, 11) is -0.372. The van der Waals surface area contributed by atoms with E-state index >= 15 is 0 Å². The van der Waals surface area contributed by atoms with Gasteiger partial charge in [0.1, 0.15) is 10.7 Å². The van der Waals surface area contributed by atoms with E-state index in [1.165, 1.54) is 17.4 Å². The van der Waals surface area contributed by atoms with Crippen LogP contribution in [0, 0.1) is 0 Å². The van der Waals surface area contributed by atoms with E-state index in [1.807, 2.05) is 7.05 Å². The van der Waals surface area contributed by atoms with Gasteiger partial charge in [-0.15, -0.1) is 0 Å². The van der Waals surface area contributed by atoms with Crippen LogP contribution in [0.25, 0.3) is 0 Å². The van der Waals surface area contributed by atoms with Gasteiger partial charge in [0.05, 0.1) is 11.6 Å². The van der Waals surface area contributed by atoms with E-state index in [2.05, 4.69) is 4.98 Å². The van der Waals surface area contributed by atoms with E-state index in [4.69, 9.17) is 17.3 Å². The van der Waals surface area contributed by atoms with Crippen LogP contribution in [0.15, 0.2) is 35.5 Å². The van der Waals surface area contributed by atoms with Crippen molar-refractivity contribution in [3.8, 4) is 0 Å². The van der Waals surface area contributed by atoms with E-state index in [-0.39, 0.29) is 16.5 Å². The van der Waals surface area contributed by atoms with Crippen LogP contribution in [0.5, 0.6) is 0 Å². The monoisotopic (exact) mass is 328 g/mol. The topological polar surface area (TPSA) is 81.2 Å². The minimum Gasteiger partial charge on any atom is -0.337 e. The Morgan fingerprint density at radius 2 is 2.14 bits per heavy atom. The van der Waals surface area contributed by atoms with E-state index in [9.17, 15) is 8.42 Å². The summed E-state index contributed by atoms with van der Waals surface area (Å²) in [6.45, 7) is 0.476. The van der Waals surface area contributed by atoms with Crippen molar-refractivity contribution in [3.05, 3.63) is 47.0 Å². The van der Waals surface area contributed by atoms with Crippen molar-refractivity contribution in [1.82, 2.24) is 13.9 Å². The molecule has 0 aliphatic carbocycles. The summed E-state index contributed by atoms with van der Waals surface area (Å²) < 4.78 is 28.1. The van der Waals surface area contributed by atoms with E-state index in [0.29, 0.717) is 12.4 Å². The first kappa shape index (κ1) is 16.0. The van der Waals surface area contributed by atoms with Crippen LogP contribution in [0.4, 0.5) is 0 Å². The van der Waals surface area contributed by atoms with E-state index in [1.54, 1.807) is 29.1 Å². The molecule has 0 amide bonds. The molecule has 0 radical (unpaired) electrons. The molecule has 0 atom stereocenters. The van der Waals surface area contributed by atoms with E-state index < -0.39 is 10.0 Å². The molecule has 0 saturated heterocycles. The zero-order chi connectivity index (χ0) is 15.6. The summed E-state index contributed by atoms with van der Waals surface area (Å²) in [5, 5.41) is 0.171. The Hall–Kier alpha value is -1.41. The standard InChI is InChI=1S/C13H17ClN4O2S/c1-17-6-5-16-13(17)9-18(2)21(19,20)12-4-3-10(8-15)7-11(12)14/h3-7H,8-9,15H2,1-2H3. The van der Waals surface area contributed by atoms with Gasteiger partial charge in [0.15, 0.2) is 0 Å². The summed E-state index contributed by atoms with van der Waals surface area (Å²) in [5.41, 5.74) is 6.30. The Morgan fingerprint density at radius 1 is 1.43 bits per heavy atom. The molecule has 114 valence electrons. The first-order chi connectivity index (χ1) is 9.86. The highest BCUT2D eigenvalue weighted by atomic mass is 35.5. The third kappa shape index (κ3) is 3.26. The molecule has 0 unspecified atom stereocenters. The molecule has 0 saturated carbocycles. The predicted octanol–water partition coefficient (Wildman–Crippen LogP) is 1.35. The third-order valence-corrected chi connectivity index (χ3v) is 5.49. The molecular weight excluding hydrogens is 312 g/mol. The van der Waals surface area contributed by atoms with Gasteiger partial charge in [-0.3, -0.25) is 0 Å². The number of sulfonamides is 1. The summed E-state index contributed by atoms with van der Waals surface area (Å²) in [4.78, 5) is 4.19. The lowest BCUT2D eigenvalue weighted by Crippen LogP contribution is -2.28. The van der Waals surface area contributed by atoms with Crippen molar-refractivity contribution in [1.29, 1.82) is 0 Å². The summed E-state index contributed by atoms with van der Waals surface area (Å²) in [6, 6.07) is 4.71. The lowest BCUT2D eigenvalue weighted by atomic mass is 10.2. The van der Waals surface area contributed by atoms with Crippen LogP contribution >= 0.6 is 11.6 Å². The normalized spacial score (nSPS) is 12.0. The largest absolute Gasteiger partial charge is 0.337 e. The van der Waals surface area contributed by atoms with Crippen LogP contribution < -0.4 is 5.73 Å². The average Bonchev–Trinajstić information content (AvgIpc) is 2.83. The van der Waals surface area contributed by atoms with Gasteiger partial charge >= 0.3 is 0 Å². The van der Waals surface area contributed by atoms with Gasteiger partial charge in [0, 0.05) is 33.0 Å². The van der Waals surface area contributed by atoms with Crippen molar-refractivity contribution in [2.24, 2.45) is 12.8 Å². The number of nitrogens with two attached hydrogens (primary N) is 1. The Morgan fingerprint density at radius 3 is 2.67 bits per heavy atom. The number of hydrogen-bond acceptors (Lipinski definition) is 4. The first-order valence-electron chi connectivity index (χ1n) is 6.27. The maximum Gasteiger partial charge on any atom is 0.244 e. The molecule has 1 heterocycles. The van der Waals surface area contributed by atoms with Crippen molar-refractivity contribution in [2.75, 3.05) is 7.05 Å². The molecule has 0 aliphatic rings. The third-order valence-electron chi connectivity index (χ3n) is 3.21. The number of hydrogen-bond donors (Lipinski definition) is 1. The molecule has 21 heavy (non-hydrogen) atoms. The number of rotatable bonds is 5. The smallest absolute Gasteiger partial charge is 0.244 e. The lowest BCUT2D eigenvalue weighted by molar-refractivity contribution is 0.451. The van der Waals surface area contributed by atoms with Gasteiger partial charge in [0.2, 0.25) is 10.0 Å². The van der Waals surface area contributed by atoms with Crippen LogP contribution in [0.1, 0.15) is 11.4 Å². The fourth-order valence-corrected chi connectivity index (χ4v) is 3.54. The van der Waals surface area contributed by atoms with Gasteiger partial charge in [-0.25, -0.2) is 13.4 Å². The molecule has 6 nitrogen and oxygen atoms in total. The van der Waals surface area contributed by atoms with Gasteiger partial charge in [-0.2, -0.15) is 4.31 Å². The minimum absolute atomic E-state index is 0.0677. The second-order valence-corrected chi connectivity index (χ2v) is 7.10. The fourth-order valence-electron chi connectivity index (χ4n) is 1.88. The number of aromatic nitrogens is 2. The Balaban J connectivity index is 2.31. The molecule has 0 aliphatic heterocycles. The number of imidazole rings is 1. The molecule has 2 aromatic rings. The summed E-state index contributed by atoms with van der Waals surface area (Å²) in [5.74, 6) is 0.649. The predicted molar refractivity (Wildman–Crippen MR) is 81.2 cm³/mol. The maximum absolute atomic E-state index is 12.6. The van der Waals surface area contributed by atoms with Gasteiger partial charge in [0.25, 0.3) is 0 Å². The van der Waals surface area contributed by atoms with Crippen LogP contribution in [-0.2, 0) is 30.2 Å². The zero-order valence-corrected chi connectivity index (χ0v) is 13.4. The van der Waals surface area contributed by atoms with Crippen molar-refractivity contribution < 1.29 is 8.42 Å². The van der Waals surface area contributed by atoms with Crippen molar-refractivity contribution >= 4 is 21.6 Å².